The first-order chi connectivity index (χ1) is 11.3. The number of nitrogens with one attached hydrogen (secondary N) is 2. The second kappa shape index (κ2) is 12.1. The molecule has 0 saturated heterocycles. The van der Waals surface area contributed by atoms with Crippen molar-refractivity contribution in [2.24, 2.45) is 4.99 Å². The van der Waals surface area contributed by atoms with Gasteiger partial charge in [0, 0.05) is 25.0 Å². The van der Waals surface area contributed by atoms with E-state index in [1.165, 1.54) is 10.4 Å². The van der Waals surface area contributed by atoms with Gasteiger partial charge in [-0.15, -0.1) is 35.3 Å². The van der Waals surface area contributed by atoms with E-state index in [2.05, 4.69) is 39.2 Å². The topological polar surface area (TPSA) is 45.6 Å². The van der Waals surface area contributed by atoms with Gasteiger partial charge in [0.2, 0.25) is 0 Å². The molecule has 2 N–H and O–H groups in total. The second-order valence-electron chi connectivity index (χ2n) is 5.05. The normalized spacial score (nSPS) is 10.8. The summed E-state index contributed by atoms with van der Waals surface area (Å²) in [6.45, 7) is 4.41. The molecule has 132 valence electrons. The van der Waals surface area contributed by atoms with Crippen molar-refractivity contribution in [3.63, 3.8) is 0 Å². The van der Waals surface area contributed by atoms with Crippen molar-refractivity contribution in [1.29, 1.82) is 0 Å². The minimum Gasteiger partial charge on any atom is -0.494 e. The summed E-state index contributed by atoms with van der Waals surface area (Å²) in [7, 11) is 1.80. The van der Waals surface area contributed by atoms with Crippen LogP contribution in [0.2, 0.25) is 0 Å². The Hall–Kier alpha value is -1.28. The molecule has 0 unspecified atom stereocenters. The Morgan fingerprint density at radius 2 is 1.83 bits per heavy atom. The van der Waals surface area contributed by atoms with Crippen LogP contribution in [0.4, 0.5) is 0 Å². The van der Waals surface area contributed by atoms with Crippen LogP contribution in [-0.4, -0.2) is 32.7 Å². The van der Waals surface area contributed by atoms with Gasteiger partial charge >= 0.3 is 0 Å². The molecular weight excluding hydrogens is 433 g/mol. The van der Waals surface area contributed by atoms with Gasteiger partial charge in [-0.05, 0) is 42.8 Å². The van der Waals surface area contributed by atoms with Crippen LogP contribution in [0.1, 0.15) is 17.4 Å². The molecular formula is C18H26IN3OS. The molecule has 1 heterocycles. The molecule has 1 aromatic carbocycles. The van der Waals surface area contributed by atoms with Gasteiger partial charge < -0.3 is 15.4 Å². The maximum atomic E-state index is 5.65. The maximum Gasteiger partial charge on any atom is 0.190 e. The molecule has 1 aromatic heterocycles. The molecule has 2 aromatic rings. The highest BCUT2D eigenvalue weighted by atomic mass is 127. The van der Waals surface area contributed by atoms with Crippen LogP contribution in [-0.2, 0) is 12.8 Å². The minimum atomic E-state index is 0. The summed E-state index contributed by atoms with van der Waals surface area (Å²) in [6, 6.07) is 12.4. The predicted molar refractivity (Wildman–Crippen MR) is 114 cm³/mol. The van der Waals surface area contributed by atoms with Gasteiger partial charge in [-0.3, -0.25) is 4.99 Å². The maximum absolute atomic E-state index is 5.65. The van der Waals surface area contributed by atoms with Crippen LogP contribution in [0.3, 0.4) is 0 Å². The van der Waals surface area contributed by atoms with Gasteiger partial charge in [-0.1, -0.05) is 24.3 Å². The predicted octanol–water partition coefficient (Wildman–Crippen LogP) is 3.72. The molecule has 0 amide bonds. The number of hydrogen-bond acceptors (Lipinski definition) is 3. The molecule has 0 saturated carbocycles. The molecule has 0 bridgehead atoms. The van der Waals surface area contributed by atoms with Gasteiger partial charge in [0.15, 0.2) is 5.96 Å². The summed E-state index contributed by atoms with van der Waals surface area (Å²) in [5.41, 5.74) is 1.22. The molecule has 24 heavy (non-hydrogen) atoms. The number of halogens is 1. The summed E-state index contributed by atoms with van der Waals surface area (Å²) in [5.74, 6) is 1.81. The average Bonchev–Trinajstić information content (AvgIpc) is 3.08. The highest BCUT2D eigenvalue weighted by Crippen LogP contribution is 2.17. The molecule has 0 atom stereocenters. The van der Waals surface area contributed by atoms with Crippen LogP contribution >= 0.6 is 35.3 Å². The Morgan fingerprint density at radius 1 is 1.08 bits per heavy atom. The fourth-order valence-corrected chi connectivity index (χ4v) is 3.01. The number of aliphatic imine (C=N–C) groups is 1. The third-order valence-electron chi connectivity index (χ3n) is 3.43. The number of hydrogen-bond donors (Lipinski definition) is 2. The van der Waals surface area contributed by atoms with E-state index in [-0.39, 0.29) is 24.0 Å². The highest BCUT2D eigenvalue weighted by molar-refractivity contribution is 14.0. The summed E-state index contributed by atoms with van der Waals surface area (Å²) >= 11 is 1.79. The van der Waals surface area contributed by atoms with Gasteiger partial charge in [-0.25, -0.2) is 0 Å². The third kappa shape index (κ3) is 7.09. The van der Waals surface area contributed by atoms with Crippen molar-refractivity contribution in [1.82, 2.24) is 10.6 Å². The molecule has 0 aliphatic rings. The lowest BCUT2D eigenvalue weighted by Gasteiger charge is -2.13. The number of guanidine groups is 1. The number of benzene rings is 1. The number of ether oxygens (including phenoxy) is 1. The van der Waals surface area contributed by atoms with Crippen LogP contribution in [0.15, 0.2) is 46.8 Å². The zero-order valence-corrected chi connectivity index (χ0v) is 17.4. The van der Waals surface area contributed by atoms with Gasteiger partial charge in [0.1, 0.15) is 5.75 Å². The van der Waals surface area contributed by atoms with Crippen molar-refractivity contribution in [2.45, 2.75) is 19.8 Å². The van der Waals surface area contributed by atoms with Gasteiger partial charge in [-0.2, -0.15) is 0 Å². The Morgan fingerprint density at radius 3 is 2.50 bits per heavy atom. The van der Waals surface area contributed by atoms with Crippen molar-refractivity contribution < 1.29 is 4.74 Å². The van der Waals surface area contributed by atoms with Crippen LogP contribution in [0.25, 0.3) is 0 Å². The van der Waals surface area contributed by atoms with Crippen LogP contribution in [0, 0.1) is 0 Å². The first kappa shape index (κ1) is 20.8. The Kier molecular flexibility index (Phi) is 10.5. The number of thiophene rings is 1. The summed E-state index contributed by atoms with van der Waals surface area (Å²) in [4.78, 5) is 5.65. The van der Waals surface area contributed by atoms with E-state index < -0.39 is 0 Å². The molecule has 0 fully saturated rings. The van der Waals surface area contributed by atoms with E-state index in [0.29, 0.717) is 6.61 Å². The first-order valence-corrected chi connectivity index (χ1v) is 8.89. The minimum absolute atomic E-state index is 0. The zero-order chi connectivity index (χ0) is 16.3. The molecule has 0 aliphatic carbocycles. The van der Waals surface area contributed by atoms with Crippen LogP contribution in [0.5, 0.6) is 5.75 Å². The standard InChI is InChI=1S/C18H25N3OS.HI/c1-3-22-17-9-5-4-7-15(17)10-12-20-18(19-2)21-13-11-16-8-6-14-23-16;/h4-9,14H,3,10-13H2,1-2H3,(H2,19,20,21);1H. The summed E-state index contributed by atoms with van der Waals surface area (Å²) in [5, 5.41) is 8.81. The highest BCUT2D eigenvalue weighted by Gasteiger charge is 2.03. The number of rotatable bonds is 8. The SMILES string of the molecule is CCOc1ccccc1CCNC(=NC)NCCc1cccs1.I. The largest absolute Gasteiger partial charge is 0.494 e. The Bertz CT molecular complexity index is 602. The molecule has 6 heteroatoms. The fraction of sp³-hybridized carbons (Fsp3) is 0.389. The van der Waals surface area contributed by atoms with Crippen molar-refractivity contribution in [3.05, 3.63) is 52.2 Å². The second-order valence-corrected chi connectivity index (χ2v) is 6.08. The number of nitrogens with zero attached hydrogens (tertiary/aromatic N) is 1. The lowest BCUT2D eigenvalue weighted by molar-refractivity contribution is 0.336. The van der Waals surface area contributed by atoms with Gasteiger partial charge in [0.05, 0.1) is 6.61 Å². The smallest absolute Gasteiger partial charge is 0.190 e. The molecule has 0 aliphatic heterocycles. The van der Waals surface area contributed by atoms with E-state index in [9.17, 15) is 0 Å². The van der Waals surface area contributed by atoms with E-state index in [1.807, 2.05) is 25.1 Å². The molecule has 0 radical (unpaired) electrons. The van der Waals surface area contributed by atoms with Gasteiger partial charge in [0.25, 0.3) is 0 Å². The first-order valence-electron chi connectivity index (χ1n) is 8.01. The van der Waals surface area contributed by atoms with E-state index in [0.717, 1.165) is 37.6 Å². The summed E-state index contributed by atoms with van der Waals surface area (Å²) < 4.78 is 5.65. The van der Waals surface area contributed by atoms with Crippen molar-refractivity contribution >= 4 is 41.3 Å². The van der Waals surface area contributed by atoms with Crippen molar-refractivity contribution in [3.8, 4) is 5.75 Å². The quantitative estimate of drug-likeness (QED) is 0.360. The number of para-hydroxylation sites is 1. The Labute approximate surface area is 165 Å². The summed E-state index contributed by atoms with van der Waals surface area (Å²) in [6.07, 6.45) is 1.92. The van der Waals surface area contributed by atoms with Crippen molar-refractivity contribution in [2.75, 3.05) is 26.7 Å². The Balaban J connectivity index is 0.00000288. The fourth-order valence-electron chi connectivity index (χ4n) is 2.30. The van der Waals surface area contributed by atoms with E-state index in [4.69, 9.17) is 4.74 Å². The molecule has 2 rings (SSSR count). The third-order valence-corrected chi connectivity index (χ3v) is 4.36. The van der Waals surface area contributed by atoms with E-state index >= 15 is 0 Å². The monoisotopic (exact) mass is 459 g/mol. The van der Waals surface area contributed by atoms with E-state index in [1.54, 1.807) is 18.4 Å². The van der Waals surface area contributed by atoms with Crippen LogP contribution < -0.4 is 15.4 Å². The lowest BCUT2D eigenvalue weighted by Crippen LogP contribution is -2.39. The lowest BCUT2D eigenvalue weighted by atomic mass is 10.1. The average molecular weight is 459 g/mol. The zero-order valence-electron chi connectivity index (χ0n) is 14.2. The molecule has 0 spiro atoms. The molecule has 4 nitrogen and oxygen atoms in total.